The molecule has 2 saturated heterocycles. The lowest BCUT2D eigenvalue weighted by atomic mass is 9.96. The Labute approximate surface area is 222 Å². The number of carbonyl (C=O) groups is 3. The number of hydrogen-bond donors (Lipinski definition) is 3. The molecule has 4 rings (SSSR count). The molecule has 9 nitrogen and oxygen atoms in total. The lowest BCUT2D eigenvalue weighted by Gasteiger charge is -2.25. The van der Waals surface area contributed by atoms with Crippen LogP contribution >= 0.6 is 0 Å². The van der Waals surface area contributed by atoms with Crippen LogP contribution in [0.1, 0.15) is 36.7 Å². The van der Waals surface area contributed by atoms with Gasteiger partial charge in [0.2, 0.25) is 11.8 Å². The monoisotopic (exact) mass is 515 g/mol. The first-order valence-corrected chi connectivity index (χ1v) is 12.8. The number of fused-ring (bicyclic) bond motifs is 1. The van der Waals surface area contributed by atoms with Gasteiger partial charge in [0.25, 0.3) is 5.91 Å². The maximum Gasteiger partial charge on any atom is 0.271 e. The van der Waals surface area contributed by atoms with E-state index < -0.39 is 18.0 Å². The molecule has 2 aliphatic rings. The predicted octanol–water partition coefficient (Wildman–Crippen LogP) is 3.23. The largest absolute Gasteiger partial charge is 0.496 e. The molecule has 2 aromatic rings. The van der Waals surface area contributed by atoms with Crippen LogP contribution < -0.4 is 15.4 Å². The highest BCUT2D eigenvalue weighted by atomic mass is 16.5. The topological polar surface area (TPSA) is 127 Å². The Morgan fingerprint density at radius 2 is 2.18 bits per heavy atom. The van der Waals surface area contributed by atoms with Crippen molar-refractivity contribution in [3.05, 3.63) is 66.4 Å². The van der Waals surface area contributed by atoms with Crippen molar-refractivity contribution in [1.82, 2.24) is 20.5 Å². The van der Waals surface area contributed by atoms with E-state index in [2.05, 4.69) is 28.3 Å². The number of likely N-dealkylation sites (tertiary alicyclic amines) is 1. The summed E-state index contributed by atoms with van der Waals surface area (Å²) in [4.78, 5) is 43.9. The Bertz CT molecular complexity index is 1330. The quantitative estimate of drug-likeness (QED) is 0.442. The minimum atomic E-state index is -0.831. The van der Waals surface area contributed by atoms with E-state index in [0.717, 1.165) is 16.5 Å². The molecular weight excluding hydrogens is 482 g/mol. The van der Waals surface area contributed by atoms with Gasteiger partial charge in [-0.3, -0.25) is 14.4 Å². The first kappa shape index (κ1) is 26.7. The molecular formula is C29H33N5O4. The minimum Gasteiger partial charge on any atom is -0.496 e. The zero-order valence-electron chi connectivity index (χ0n) is 21.7. The van der Waals surface area contributed by atoms with Gasteiger partial charge in [0.1, 0.15) is 23.5 Å². The van der Waals surface area contributed by atoms with Crippen molar-refractivity contribution in [2.75, 3.05) is 20.2 Å². The van der Waals surface area contributed by atoms with E-state index in [1.807, 2.05) is 49.4 Å². The minimum absolute atomic E-state index is 0.101. The average Bonchev–Trinajstić information content (AvgIpc) is 3.66. The van der Waals surface area contributed by atoms with Crippen LogP contribution in [-0.2, 0) is 9.59 Å². The highest BCUT2D eigenvalue weighted by Gasteiger charge is 2.41. The van der Waals surface area contributed by atoms with Gasteiger partial charge >= 0.3 is 0 Å². The highest BCUT2D eigenvalue weighted by Crippen LogP contribution is 2.32. The number of ether oxygens (including phenoxy) is 1. The summed E-state index contributed by atoms with van der Waals surface area (Å²) in [6.07, 6.45) is 8.80. The zero-order chi connectivity index (χ0) is 27.2. The fraction of sp³-hybridized carbons (Fsp3) is 0.379. The molecule has 38 heavy (non-hydrogen) atoms. The number of rotatable bonds is 9. The molecule has 2 aliphatic heterocycles. The van der Waals surface area contributed by atoms with Gasteiger partial charge in [-0.15, -0.1) is 0 Å². The van der Waals surface area contributed by atoms with Crippen molar-refractivity contribution in [3.8, 4) is 11.8 Å². The standard InChI is InChI=1S/C29H33N5O4/c1-4-5-6-8-18(2)20-14-25(28(36)32-21(16-30)13-19-11-12-31-27(19)35)34(17-20)29(37)24-15-22-23(33-24)9-7-10-26(22)38-3/h4-10,15,19-21,25,33H,2,11-14,17H2,1,3H3,(H,31,35)(H,32,36)/b5-4-,8-6-/t19-,20+,21-,25-/m0/s1. The second kappa shape index (κ2) is 11.8. The molecule has 1 aromatic carbocycles. The van der Waals surface area contributed by atoms with Crippen LogP contribution in [-0.4, -0.2) is 59.9 Å². The van der Waals surface area contributed by atoms with Crippen molar-refractivity contribution in [1.29, 1.82) is 5.26 Å². The van der Waals surface area contributed by atoms with Crippen LogP contribution in [0.25, 0.3) is 10.9 Å². The number of nitriles is 1. The Kier molecular flexibility index (Phi) is 8.31. The van der Waals surface area contributed by atoms with Gasteiger partial charge in [0.05, 0.1) is 13.2 Å². The summed E-state index contributed by atoms with van der Waals surface area (Å²) >= 11 is 0. The molecule has 0 unspecified atom stereocenters. The van der Waals surface area contributed by atoms with Crippen molar-refractivity contribution in [2.45, 2.75) is 38.3 Å². The van der Waals surface area contributed by atoms with Crippen LogP contribution in [0, 0.1) is 23.2 Å². The molecule has 3 heterocycles. The first-order valence-electron chi connectivity index (χ1n) is 12.8. The summed E-state index contributed by atoms with van der Waals surface area (Å²) in [5.74, 6) is -0.634. The third-order valence-electron chi connectivity index (χ3n) is 7.23. The van der Waals surface area contributed by atoms with Crippen LogP contribution in [0.5, 0.6) is 5.75 Å². The summed E-state index contributed by atoms with van der Waals surface area (Å²) in [6.45, 7) is 6.96. The number of H-pyrrole nitrogens is 1. The van der Waals surface area contributed by atoms with Crippen LogP contribution in [0.3, 0.4) is 0 Å². The number of nitrogens with zero attached hydrogens (tertiary/aromatic N) is 2. The van der Waals surface area contributed by atoms with Crippen LogP contribution in [0.4, 0.5) is 0 Å². The molecule has 0 saturated carbocycles. The number of aromatic nitrogens is 1. The highest BCUT2D eigenvalue weighted by molar-refractivity contribution is 6.01. The Morgan fingerprint density at radius 3 is 2.87 bits per heavy atom. The number of allylic oxidation sites excluding steroid dienone is 4. The number of methoxy groups -OCH3 is 1. The number of carbonyl (C=O) groups excluding carboxylic acids is 3. The SMILES string of the molecule is C=C(/C=C\C=C/C)[C@@H]1C[C@@H](C(=O)N[C@H](C#N)C[C@@H]2CCNC2=O)N(C(=O)c2cc3c(OC)cccc3[nH]2)C1. The van der Waals surface area contributed by atoms with Gasteiger partial charge in [0, 0.05) is 35.8 Å². The third-order valence-corrected chi connectivity index (χ3v) is 7.23. The molecule has 198 valence electrons. The molecule has 0 radical (unpaired) electrons. The third kappa shape index (κ3) is 5.65. The van der Waals surface area contributed by atoms with Gasteiger partial charge in [-0.2, -0.15) is 5.26 Å². The fourth-order valence-corrected chi connectivity index (χ4v) is 5.15. The first-order chi connectivity index (χ1) is 18.4. The van der Waals surface area contributed by atoms with E-state index >= 15 is 0 Å². The average molecular weight is 516 g/mol. The molecule has 2 fully saturated rings. The second-order valence-electron chi connectivity index (χ2n) is 9.67. The molecule has 3 N–H and O–H groups in total. The van der Waals surface area contributed by atoms with Gasteiger partial charge < -0.3 is 25.3 Å². The lowest BCUT2D eigenvalue weighted by molar-refractivity contribution is -0.126. The van der Waals surface area contributed by atoms with E-state index in [4.69, 9.17) is 4.74 Å². The molecule has 0 bridgehead atoms. The molecule has 0 aliphatic carbocycles. The van der Waals surface area contributed by atoms with Crippen molar-refractivity contribution < 1.29 is 19.1 Å². The van der Waals surface area contributed by atoms with Gasteiger partial charge in [-0.05, 0) is 44.4 Å². The molecule has 9 heteroatoms. The van der Waals surface area contributed by atoms with Crippen molar-refractivity contribution in [3.63, 3.8) is 0 Å². The number of benzene rings is 1. The van der Waals surface area contributed by atoms with E-state index in [1.165, 1.54) is 0 Å². The molecule has 1 aromatic heterocycles. The lowest BCUT2D eigenvalue weighted by Crippen LogP contribution is -2.49. The van der Waals surface area contributed by atoms with Gasteiger partial charge in [-0.1, -0.05) is 42.5 Å². The Balaban J connectivity index is 1.57. The van der Waals surface area contributed by atoms with Crippen molar-refractivity contribution in [2.24, 2.45) is 11.8 Å². The summed E-state index contributed by atoms with van der Waals surface area (Å²) in [6, 6.07) is 7.73. The maximum absolute atomic E-state index is 13.7. The number of aromatic amines is 1. The normalized spacial score (nSPS) is 22.1. The summed E-state index contributed by atoms with van der Waals surface area (Å²) in [7, 11) is 1.57. The Hall–Kier alpha value is -4.32. The van der Waals surface area contributed by atoms with E-state index in [0.29, 0.717) is 37.4 Å². The number of amides is 3. The summed E-state index contributed by atoms with van der Waals surface area (Å²) in [5.41, 5.74) is 1.91. The van der Waals surface area contributed by atoms with E-state index in [1.54, 1.807) is 18.1 Å². The summed E-state index contributed by atoms with van der Waals surface area (Å²) in [5, 5.41) is 16.0. The molecule has 3 amide bonds. The molecule has 4 atom stereocenters. The van der Waals surface area contributed by atoms with Gasteiger partial charge in [-0.25, -0.2) is 0 Å². The number of hydrogen-bond acceptors (Lipinski definition) is 5. The summed E-state index contributed by atoms with van der Waals surface area (Å²) < 4.78 is 5.43. The van der Waals surface area contributed by atoms with E-state index in [9.17, 15) is 19.6 Å². The second-order valence-corrected chi connectivity index (χ2v) is 9.67. The number of nitrogens with one attached hydrogen (secondary N) is 3. The fourth-order valence-electron chi connectivity index (χ4n) is 5.15. The predicted molar refractivity (Wildman–Crippen MR) is 144 cm³/mol. The van der Waals surface area contributed by atoms with Crippen molar-refractivity contribution >= 4 is 28.6 Å². The van der Waals surface area contributed by atoms with Crippen LogP contribution in [0.2, 0.25) is 0 Å². The zero-order valence-corrected chi connectivity index (χ0v) is 21.7. The maximum atomic E-state index is 13.7. The van der Waals surface area contributed by atoms with Gasteiger partial charge in [0.15, 0.2) is 0 Å². The smallest absolute Gasteiger partial charge is 0.271 e. The van der Waals surface area contributed by atoms with Crippen LogP contribution in [0.15, 0.2) is 60.7 Å². The van der Waals surface area contributed by atoms with E-state index in [-0.39, 0.29) is 30.1 Å². The molecule has 0 spiro atoms. The Morgan fingerprint density at radius 1 is 1.37 bits per heavy atom.